The number of benzene rings is 2. The summed E-state index contributed by atoms with van der Waals surface area (Å²) < 4.78 is 34.4. The van der Waals surface area contributed by atoms with Gasteiger partial charge in [-0.1, -0.05) is 28.8 Å². The molecule has 1 heterocycles. The van der Waals surface area contributed by atoms with Crippen molar-refractivity contribution in [2.24, 2.45) is 0 Å². The average Bonchev–Trinajstić information content (AvgIpc) is 3.00. The van der Waals surface area contributed by atoms with E-state index in [0.29, 0.717) is 13.1 Å². The van der Waals surface area contributed by atoms with Crippen molar-refractivity contribution in [1.82, 2.24) is 4.31 Å². The second-order valence-corrected chi connectivity index (χ2v) is 10.4. The molecule has 162 valence electrons. The first-order valence-electron chi connectivity index (χ1n) is 10.0. The number of halogens is 1. The zero-order valence-corrected chi connectivity index (χ0v) is 19.9. The number of rotatable bonds is 5. The van der Waals surface area contributed by atoms with Gasteiger partial charge in [0.2, 0.25) is 10.0 Å². The van der Waals surface area contributed by atoms with Crippen molar-refractivity contribution in [1.29, 1.82) is 0 Å². The van der Waals surface area contributed by atoms with Crippen LogP contribution in [0.4, 0.5) is 5.69 Å². The van der Waals surface area contributed by atoms with E-state index in [-0.39, 0.29) is 22.1 Å². The van der Waals surface area contributed by atoms with Crippen molar-refractivity contribution in [3.8, 4) is 5.75 Å². The second-order valence-electron chi connectivity index (χ2n) is 7.55. The highest BCUT2D eigenvalue weighted by atomic mass is 79.9. The fourth-order valence-electron chi connectivity index (χ4n) is 3.73. The first kappa shape index (κ1) is 22.8. The van der Waals surface area contributed by atoms with E-state index in [4.69, 9.17) is 4.74 Å². The third-order valence-corrected chi connectivity index (χ3v) is 7.72. The van der Waals surface area contributed by atoms with E-state index >= 15 is 0 Å². The highest BCUT2D eigenvalue weighted by Gasteiger charge is 2.29. The number of anilines is 1. The topological polar surface area (TPSA) is 75.7 Å². The molecule has 2 aromatic carbocycles. The van der Waals surface area contributed by atoms with Crippen molar-refractivity contribution >= 4 is 37.5 Å². The number of nitrogens with zero attached hydrogens (tertiary/aromatic N) is 1. The Morgan fingerprint density at radius 3 is 2.20 bits per heavy atom. The number of aryl methyl sites for hydroxylation is 2. The van der Waals surface area contributed by atoms with Gasteiger partial charge in [-0.3, -0.25) is 4.79 Å². The van der Waals surface area contributed by atoms with E-state index in [2.05, 4.69) is 21.2 Å². The van der Waals surface area contributed by atoms with Gasteiger partial charge in [0.25, 0.3) is 5.91 Å². The van der Waals surface area contributed by atoms with Gasteiger partial charge in [0, 0.05) is 28.8 Å². The summed E-state index contributed by atoms with van der Waals surface area (Å²) in [6.45, 7) is 4.80. The number of ether oxygens (including phenoxy) is 1. The van der Waals surface area contributed by atoms with Crippen LogP contribution >= 0.6 is 15.9 Å². The monoisotopic (exact) mass is 494 g/mol. The zero-order valence-electron chi connectivity index (χ0n) is 17.5. The molecule has 8 heteroatoms. The molecular weight excluding hydrogens is 468 g/mol. The fraction of sp³-hybridized carbons (Fsp3) is 0.409. The van der Waals surface area contributed by atoms with E-state index < -0.39 is 10.0 Å². The van der Waals surface area contributed by atoms with Crippen LogP contribution in [0.1, 0.15) is 47.2 Å². The Hall–Kier alpha value is -1.90. The van der Waals surface area contributed by atoms with E-state index in [1.165, 1.54) is 17.5 Å². The van der Waals surface area contributed by atoms with E-state index in [1.54, 1.807) is 12.1 Å². The molecule has 1 fully saturated rings. The highest BCUT2D eigenvalue weighted by molar-refractivity contribution is 9.10. The summed E-state index contributed by atoms with van der Waals surface area (Å²) in [5.74, 6) is -0.120. The molecule has 1 N–H and O–H groups in total. The Balaban J connectivity index is 1.95. The smallest absolute Gasteiger partial charge is 0.255 e. The molecular formula is C22H27BrN2O4S. The van der Waals surface area contributed by atoms with Crippen molar-refractivity contribution < 1.29 is 17.9 Å². The summed E-state index contributed by atoms with van der Waals surface area (Å²) in [5, 5.41) is 2.92. The lowest BCUT2D eigenvalue weighted by molar-refractivity contribution is 0.102. The Labute approximate surface area is 186 Å². The van der Waals surface area contributed by atoms with Crippen LogP contribution in [0.5, 0.6) is 5.75 Å². The molecule has 3 rings (SSSR count). The van der Waals surface area contributed by atoms with Crippen LogP contribution in [0, 0.1) is 13.8 Å². The summed E-state index contributed by atoms with van der Waals surface area (Å²) in [6, 6.07) is 8.38. The molecule has 0 saturated carbocycles. The highest BCUT2D eigenvalue weighted by Crippen LogP contribution is 2.30. The molecule has 0 unspecified atom stereocenters. The lowest BCUT2D eigenvalue weighted by Crippen LogP contribution is -2.32. The van der Waals surface area contributed by atoms with E-state index in [1.807, 2.05) is 26.0 Å². The van der Waals surface area contributed by atoms with E-state index in [9.17, 15) is 13.2 Å². The number of hydrogen-bond acceptors (Lipinski definition) is 4. The second kappa shape index (κ2) is 9.49. The molecule has 1 aliphatic heterocycles. The molecule has 1 aliphatic rings. The van der Waals surface area contributed by atoms with Gasteiger partial charge in [0.15, 0.2) is 0 Å². The minimum atomic E-state index is -3.76. The summed E-state index contributed by atoms with van der Waals surface area (Å²) in [5.41, 5.74) is 2.82. The van der Waals surface area contributed by atoms with Gasteiger partial charge in [-0.05, 0) is 68.1 Å². The first-order valence-corrected chi connectivity index (χ1v) is 12.2. The SMILES string of the molecule is COc1ccc(C(=O)Nc2c(C)cc(Br)cc2C)cc1S(=O)(=O)N1CCCCCC1. The van der Waals surface area contributed by atoms with Gasteiger partial charge < -0.3 is 10.1 Å². The number of carbonyl (C=O) groups excluding carboxylic acids is 1. The Bertz CT molecular complexity index is 1020. The summed E-state index contributed by atoms with van der Waals surface area (Å²) in [7, 11) is -2.32. The van der Waals surface area contributed by atoms with Crippen molar-refractivity contribution in [3.05, 3.63) is 51.5 Å². The molecule has 0 aromatic heterocycles. The summed E-state index contributed by atoms with van der Waals surface area (Å²) in [4.78, 5) is 13.0. The largest absolute Gasteiger partial charge is 0.495 e. The van der Waals surface area contributed by atoms with Gasteiger partial charge >= 0.3 is 0 Å². The van der Waals surface area contributed by atoms with Gasteiger partial charge in [-0.25, -0.2) is 8.42 Å². The van der Waals surface area contributed by atoms with Crippen molar-refractivity contribution in [2.45, 2.75) is 44.4 Å². The maximum atomic E-state index is 13.3. The van der Waals surface area contributed by atoms with Crippen LogP contribution in [0.3, 0.4) is 0 Å². The number of nitrogens with one attached hydrogen (secondary N) is 1. The maximum Gasteiger partial charge on any atom is 0.255 e. The minimum absolute atomic E-state index is 0.0313. The van der Waals surface area contributed by atoms with Gasteiger partial charge in [0.05, 0.1) is 7.11 Å². The molecule has 0 aliphatic carbocycles. The third-order valence-electron chi connectivity index (χ3n) is 5.34. The Kier molecular flexibility index (Phi) is 7.21. The molecule has 0 bridgehead atoms. The predicted molar refractivity (Wildman–Crippen MR) is 122 cm³/mol. The molecule has 2 aromatic rings. The standard InChI is InChI=1S/C22H27BrN2O4S/c1-15-12-18(23)13-16(2)21(15)24-22(26)17-8-9-19(29-3)20(14-17)30(27,28)25-10-6-4-5-7-11-25/h8-9,12-14H,4-7,10-11H2,1-3H3,(H,24,26). The van der Waals surface area contributed by atoms with Crippen LogP contribution < -0.4 is 10.1 Å². The quantitative estimate of drug-likeness (QED) is 0.641. The molecule has 0 atom stereocenters. The summed E-state index contributed by atoms with van der Waals surface area (Å²) in [6.07, 6.45) is 3.72. The molecule has 1 saturated heterocycles. The minimum Gasteiger partial charge on any atom is -0.495 e. The van der Waals surface area contributed by atoms with Crippen molar-refractivity contribution in [3.63, 3.8) is 0 Å². The fourth-order valence-corrected chi connectivity index (χ4v) is 6.12. The van der Waals surface area contributed by atoms with Gasteiger partial charge in [-0.15, -0.1) is 0 Å². The average molecular weight is 495 g/mol. The Morgan fingerprint density at radius 2 is 1.63 bits per heavy atom. The van der Waals surface area contributed by atoms with Crippen LogP contribution in [0.25, 0.3) is 0 Å². The molecule has 6 nitrogen and oxygen atoms in total. The number of carbonyl (C=O) groups is 1. The molecule has 30 heavy (non-hydrogen) atoms. The van der Waals surface area contributed by atoms with Crippen LogP contribution in [-0.4, -0.2) is 38.8 Å². The number of amides is 1. The molecule has 1 amide bonds. The number of sulfonamides is 1. The molecule has 0 radical (unpaired) electrons. The molecule has 0 spiro atoms. The third kappa shape index (κ3) is 4.87. The normalized spacial score (nSPS) is 15.5. The Morgan fingerprint density at radius 1 is 1.03 bits per heavy atom. The van der Waals surface area contributed by atoms with Crippen molar-refractivity contribution in [2.75, 3.05) is 25.5 Å². The van der Waals surface area contributed by atoms with Gasteiger partial charge in [0.1, 0.15) is 10.6 Å². The number of methoxy groups -OCH3 is 1. The van der Waals surface area contributed by atoms with Crippen LogP contribution in [0.2, 0.25) is 0 Å². The lowest BCUT2D eigenvalue weighted by Gasteiger charge is -2.21. The first-order chi connectivity index (χ1) is 14.2. The van der Waals surface area contributed by atoms with E-state index in [0.717, 1.165) is 47.0 Å². The lowest BCUT2D eigenvalue weighted by atomic mass is 10.1. The maximum absolute atomic E-state index is 13.3. The number of hydrogen-bond donors (Lipinski definition) is 1. The summed E-state index contributed by atoms with van der Waals surface area (Å²) >= 11 is 3.45. The zero-order chi connectivity index (χ0) is 21.9. The van der Waals surface area contributed by atoms with Crippen LogP contribution in [-0.2, 0) is 10.0 Å². The predicted octanol–water partition coefficient (Wildman–Crippen LogP) is 4.89. The van der Waals surface area contributed by atoms with Gasteiger partial charge in [-0.2, -0.15) is 4.31 Å². The van der Waals surface area contributed by atoms with Crippen LogP contribution in [0.15, 0.2) is 39.7 Å².